The minimum absolute atomic E-state index is 0.0194. The fourth-order valence-corrected chi connectivity index (χ4v) is 2.00. The van der Waals surface area contributed by atoms with Crippen LogP contribution in [0.25, 0.3) is 0 Å². The summed E-state index contributed by atoms with van der Waals surface area (Å²) in [6.07, 6.45) is 0. The molecule has 1 aromatic heterocycles. The van der Waals surface area contributed by atoms with Gasteiger partial charge in [-0.1, -0.05) is 0 Å². The van der Waals surface area contributed by atoms with Crippen LogP contribution < -0.4 is 15.8 Å². The van der Waals surface area contributed by atoms with E-state index in [9.17, 15) is 4.79 Å². The van der Waals surface area contributed by atoms with Crippen molar-refractivity contribution in [1.29, 1.82) is 0 Å². The Morgan fingerprint density at radius 2 is 2.25 bits per heavy atom. The topological polar surface area (TPSA) is 80.5 Å². The highest BCUT2D eigenvalue weighted by atomic mass is 32.1. The number of carbonyl (C=O) groups excluding carboxylic acids is 1. The maximum absolute atomic E-state index is 11.6. The Hall–Kier alpha value is -1.50. The summed E-state index contributed by atoms with van der Waals surface area (Å²) in [6, 6.07) is -0.344. The number of methoxy groups -OCH3 is 1. The lowest BCUT2D eigenvalue weighted by molar-refractivity contribution is -0.129. The molecule has 0 aromatic carbocycles. The molecule has 1 heterocycles. The Labute approximate surface area is 98.5 Å². The number of aromatic nitrogens is 1. The summed E-state index contributed by atoms with van der Waals surface area (Å²) < 4.78 is 9.04. The molecule has 0 spiro atoms. The highest BCUT2D eigenvalue weighted by Crippen LogP contribution is 2.35. The number of hydrogen-bond acceptors (Lipinski definition) is 6. The lowest BCUT2D eigenvalue weighted by Gasteiger charge is -2.18. The number of likely N-dealkylation sites (N-methyl/N-ethyl adjacent to an activating group) is 1. The van der Waals surface area contributed by atoms with Crippen molar-refractivity contribution in [3.05, 3.63) is 0 Å². The van der Waals surface area contributed by atoms with E-state index in [1.54, 1.807) is 21.0 Å². The SMILES string of the molecule is COc1c(N)nsc1NC(C)C(=O)N(C)C. The first kappa shape index (κ1) is 12.6. The van der Waals surface area contributed by atoms with Gasteiger partial charge in [-0.05, 0) is 18.5 Å². The van der Waals surface area contributed by atoms with Crippen molar-refractivity contribution in [1.82, 2.24) is 9.27 Å². The summed E-state index contributed by atoms with van der Waals surface area (Å²) >= 11 is 1.18. The minimum Gasteiger partial charge on any atom is -0.490 e. The van der Waals surface area contributed by atoms with Crippen molar-refractivity contribution in [2.75, 3.05) is 32.3 Å². The zero-order valence-corrected chi connectivity index (χ0v) is 10.6. The molecule has 0 saturated heterocycles. The summed E-state index contributed by atoms with van der Waals surface area (Å²) in [7, 11) is 4.93. The second-order valence-electron chi connectivity index (χ2n) is 3.53. The molecule has 0 aliphatic carbocycles. The van der Waals surface area contributed by atoms with Crippen molar-refractivity contribution in [3.8, 4) is 5.75 Å². The van der Waals surface area contributed by atoms with Crippen molar-refractivity contribution < 1.29 is 9.53 Å². The predicted octanol–water partition coefficient (Wildman–Crippen LogP) is 0.622. The number of ether oxygens (including phenoxy) is 1. The third-order valence-corrected chi connectivity index (χ3v) is 2.81. The Kier molecular flexibility index (Phi) is 3.94. The second kappa shape index (κ2) is 5.02. The van der Waals surface area contributed by atoms with E-state index in [1.807, 2.05) is 0 Å². The highest BCUT2D eigenvalue weighted by Gasteiger charge is 2.19. The smallest absolute Gasteiger partial charge is 0.244 e. The maximum Gasteiger partial charge on any atom is 0.244 e. The number of nitrogens with two attached hydrogens (primary N) is 1. The fraction of sp³-hybridized carbons (Fsp3) is 0.556. The van der Waals surface area contributed by atoms with Gasteiger partial charge in [-0.25, -0.2) is 0 Å². The highest BCUT2D eigenvalue weighted by molar-refractivity contribution is 7.11. The normalized spacial score (nSPS) is 12.0. The van der Waals surface area contributed by atoms with E-state index in [4.69, 9.17) is 10.5 Å². The number of amides is 1. The van der Waals surface area contributed by atoms with Gasteiger partial charge in [0.2, 0.25) is 5.91 Å². The molecular weight excluding hydrogens is 228 g/mol. The van der Waals surface area contributed by atoms with E-state index in [-0.39, 0.29) is 11.9 Å². The minimum atomic E-state index is -0.344. The monoisotopic (exact) mass is 244 g/mol. The molecule has 1 aromatic rings. The molecule has 0 bridgehead atoms. The lowest BCUT2D eigenvalue weighted by atomic mass is 10.3. The molecule has 1 unspecified atom stereocenters. The Morgan fingerprint density at radius 3 is 2.75 bits per heavy atom. The lowest BCUT2D eigenvalue weighted by Crippen LogP contribution is -2.36. The molecule has 0 aliphatic rings. The van der Waals surface area contributed by atoms with Crippen molar-refractivity contribution in [2.45, 2.75) is 13.0 Å². The van der Waals surface area contributed by atoms with E-state index in [2.05, 4.69) is 9.69 Å². The summed E-state index contributed by atoms with van der Waals surface area (Å²) in [6.45, 7) is 1.78. The third kappa shape index (κ3) is 2.54. The molecule has 0 fully saturated rings. The van der Waals surface area contributed by atoms with Gasteiger partial charge in [-0.3, -0.25) is 4.79 Å². The van der Waals surface area contributed by atoms with Gasteiger partial charge in [-0.15, -0.1) is 0 Å². The maximum atomic E-state index is 11.6. The number of rotatable bonds is 4. The standard InChI is InChI=1S/C9H16N4O2S/c1-5(9(14)13(2)3)11-8-6(15-4)7(10)12-16-8/h5,11H,1-4H3,(H2,10,12). The van der Waals surface area contributed by atoms with E-state index >= 15 is 0 Å². The molecule has 3 N–H and O–H groups in total. The van der Waals surface area contributed by atoms with E-state index in [0.717, 1.165) is 0 Å². The first-order valence-electron chi connectivity index (χ1n) is 4.74. The van der Waals surface area contributed by atoms with Gasteiger partial charge in [0.15, 0.2) is 16.6 Å². The number of nitrogens with zero attached hydrogens (tertiary/aromatic N) is 2. The van der Waals surface area contributed by atoms with Crippen molar-refractivity contribution in [3.63, 3.8) is 0 Å². The molecule has 7 heteroatoms. The van der Waals surface area contributed by atoms with Gasteiger partial charge in [-0.2, -0.15) is 4.37 Å². The van der Waals surface area contributed by atoms with Crippen LogP contribution in [0.2, 0.25) is 0 Å². The van der Waals surface area contributed by atoms with Crippen LogP contribution in [0.5, 0.6) is 5.75 Å². The van der Waals surface area contributed by atoms with Gasteiger partial charge >= 0.3 is 0 Å². The van der Waals surface area contributed by atoms with Gasteiger partial charge in [0, 0.05) is 14.1 Å². The van der Waals surface area contributed by atoms with Crippen LogP contribution in [0.15, 0.2) is 0 Å². The molecule has 16 heavy (non-hydrogen) atoms. The Balaban J connectivity index is 2.76. The van der Waals surface area contributed by atoms with Crippen molar-refractivity contribution in [2.24, 2.45) is 0 Å². The molecule has 0 radical (unpaired) electrons. The average Bonchev–Trinajstić information content (AvgIpc) is 2.57. The molecular formula is C9H16N4O2S. The number of carbonyl (C=O) groups is 1. The quantitative estimate of drug-likeness (QED) is 0.811. The number of nitrogen functional groups attached to an aromatic ring is 1. The number of anilines is 2. The van der Waals surface area contributed by atoms with Gasteiger partial charge < -0.3 is 20.7 Å². The third-order valence-electron chi connectivity index (χ3n) is 2.04. The Bertz CT molecular complexity index is 378. The van der Waals surface area contributed by atoms with Crippen LogP contribution in [0.1, 0.15) is 6.92 Å². The summed E-state index contributed by atoms with van der Waals surface area (Å²) in [4.78, 5) is 13.2. The summed E-state index contributed by atoms with van der Waals surface area (Å²) in [5.74, 6) is 0.803. The molecule has 1 rings (SSSR count). The van der Waals surface area contributed by atoms with Crippen LogP contribution in [0.4, 0.5) is 10.8 Å². The molecule has 6 nitrogen and oxygen atoms in total. The zero-order chi connectivity index (χ0) is 12.3. The first-order chi connectivity index (χ1) is 7.47. The molecule has 0 aliphatic heterocycles. The van der Waals surface area contributed by atoms with Crippen LogP contribution in [0, 0.1) is 0 Å². The first-order valence-corrected chi connectivity index (χ1v) is 5.51. The van der Waals surface area contributed by atoms with Gasteiger partial charge in [0.25, 0.3) is 0 Å². The second-order valence-corrected chi connectivity index (χ2v) is 4.30. The summed E-state index contributed by atoms with van der Waals surface area (Å²) in [5, 5.41) is 3.69. The number of hydrogen-bond donors (Lipinski definition) is 2. The molecule has 0 saturated carbocycles. The van der Waals surface area contributed by atoms with E-state index in [0.29, 0.717) is 16.6 Å². The fourth-order valence-electron chi connectivity index (χ4n) is 1.23. The molecule has 90 valence electrons. The van der Waals surface area contributed by atoms with E-state index in [1.165, 1.54) is 23.5 Å². The summed E-state index contributed by atoms with van der Waals surface area (Å²) in [5.41, 5.74) is 5.60. The zero-order valence-electron chi connectivity index (χ0n) is 9.77. The average molecular weight is 244 g/mol. The van der Waals surface area contributed by atoms with Gasteiger partial charge in [0.1, 0.15) is 6.04 Å². The van der Waals surface area contributed by atoms with Crippen LogP contribution in [-0.2, 0) is 4.79 Å². The number of nitrogens with one attached hydrogen (secondary N) is 1. The largest absolute Gasteiger partial charge is 0.490 e. The Morgan fingerprint density at radius 1 is 1.62 bits per heavy atom. The predicted molar refractivity (Wildman–Crippen MR) is 64.9 cm³/mol. The van der Waals surface area contributed by atoms with Crippen LogP contribution in [0.3, 0.4) is 0 Å². The van der Waals surface area contributed by atoms with E-state index < -0.39 is 0 Å². The van der Waals surface area contributed by atoms with Crippen LogP contribution >= 0.6 is 11.5 Å². The van der Waals surface area contributed by atoms with Gasteiger partial charge in [0.05, 0.1) is 7.11 Å². The molecule has 1 atom stereocenters. The molecule has 1 amide bonds. The van der Waals surface area contributed by atoms with Crippen LogP contribution in [-0.4, -0.2) is 42.4 Å². The van der Waals surface area contributed by atoms with Crippen molar-refractivity contribution >= 4 is 28.3 Å².